The summed E-state index contributed by atoms with van der Waals surface area (Å²) in [5, 5.41) is 18.8. The van der Waals surface area contributed by atoms with E-state index in [1.165, 1.54) is 0 Å². The lowest BCUT2D eigenvalue weighted by Crippen LogP contribution is -2.51. The van der Waals surface area contributed by atoms with Crippen molar-refractivity contribution in [3.05, 3.63) is 48.0 Å². The van der Waals surface area contributed by atoms with E-state index >= 15 is 0 Å². The third kappa shape index (κ3) is 5.84. The van der Waals surface area contributed by atoms with Crippen molar-refractivity contribution in [2.45, 2.75) is 44.2 Å². The summed E-state index contributed by atoms with van der Waals surface area (Å²) in [5.41, 5.74) is 1.09. The van der Waals surface area contributed by atoms with Crippen LogP contribution in [0.2, 0.25) is 0 Å². The Bertz CT molecular complexity index is 600. The number of hydrogen-bond donors (Lipinski definition) is 2. The normalized spacial score (nSPS) is 18.2. The predicted molar refractivity (Wildman–Crippen MR) is 94.1 cm³/mol. The second-order valence-electron chi connectivity index (χ2n) is 5.97. The molecule has 1 aliphatic heterocycles. The Morgan fingerprint density at radius 2 is 2.04 bits per heavy atom. The van der Waals surface area contributed by atoms with Gasteiger partial charge >= 0.3 is 0 Å². The summed E-state index contributed by atoms with van der Waals surface area (Å²) in [6.07, 6.45) is 6.58. The quantitative estimate of drug-likeness (QED) is 0.332. The number of hydrogen-bond acceptors (Lipinski definition) is 3. The van der Waals surface area contributed by atoms with Crippen molar-refractivity contribution in [3.8, 4) is 11.8 Å². The van der Waals surface area contributed by atoms with Crippen LogP contribution in [0.25, 0.3) is 0 Å². The number of benzene rings is 1. The third-order valence-corrected chi connectivity index (χ3v) is 4.03. The van der Waals surface area contributed by atoms with Crippen LogP contribution < -0.4 is 0 Å². The molecule has 1 saturated heterocycles. The first-order valence-electron chi connectivity index (χ1n) is 8.47. The number of likely N-dealkylation sites (tertiary alicyclic amines) is 1. The number of nitrogens with zero attached hydrogens (tertiary/aromatic N) is 1. The van der Waals surface area contributed by atoms with Crippen molar-refractivity contribution >= 4 is 5.91 Å². The van der Waals surface area contributed by atoms with Gasteiger partial charge in [0, 0.05) is 19.4 Å². The molecule has 4 heteroatoms. The molecule has 1 aromatic carbocycles. The molecular formula is C20H25NO3. The van der Waals surface area contributed by atoms with Crippen LogP contribution >= 0.6 is 0 Å². The van der Waals surface area contributed by atoms with Crippen LogP contribution in [0.3, 0.4) is 0 Å². The summed E-state index contributed by atoms with van der Waals surface area (Å²) >= 11 is 0. The molecule has 0 spiro atoms. The number of rotatable bonds is 8. The smallest absolute Gasteiger partial charge is 0.226 e. The zero-order valence-electron chi connectivity index (χ0n) is 13.9. The Kier molecular flexibility index (Phi) is 7.54. The molecular weight excluding hydrogens is 302 g/mol. The number of β-lactam (4-membered cyclic amide) rings is 1. The Hall–Kier alpha value is -2.09. The molecule has 0 aliphatic carbocycles. The predicted octanol–water partition coefficient (Wildman–Crippen LogP) is 1.91. The minimum Gasteiger partial charge on any atom is -0.396 e. The maximum Gasteiger partial charge on any atom is 0.226 e. The molecule has 1 aliphatic rings. The van der Waals surface area contributed by atoms with Gasteiger partial charge in [0.1, 0.15) is 0 Å². The van der Waals surface area contributed by atoms with Gasteiger partial charge in [-0.1, -0.05) is 48.4 Å². The minimum absolute atomic E-state index is 0.0367. The van der Waals surface area contributed by atoms with Crippen molar-refractivity contribution in [2.75, 3.05) is 13.2 Å². The van der Waals surface area contributed by atoms with Crippen molar-refractivity contribution in [2.24, 2.45) is 0 Å². The van der Waals surface area contributed by atoms with E-state index in [0.717, 1.165) is 24.8 Å². The highest BCUT2D eigenvalue weighted by atomic mass is 16.3. The molecule has 1 fully saturated rings. The molecule has 1 aromatic rings. The summed E-state index contributed by atoms with van der Waals surface area (Å²) in [7, 11) is 0. The Balaban J connectivity index is 1.75. The molecule has 2 rings (SSSR count). The largest absolute Gasteiger partial charge is 0.396 e. The van der Waals surface area contributed by atoms with Crippen molar-refractivity contribution in [1.82, 2.24) is 4.90 Å². The van der Waals surface area contributed by atoms with Gasteiger partial charge in [0.2, 0.25) is 5.91 Å². The molecule has 0 saturated carbocycles. The molecule has 2 atom stereocenters. The van der Waals surface area contributed by atoms with Gasteiger partial charge in [-0.15, -0.1) is 5.92 Å². The van der Waals surface area contributed by atoms with Crippen LogP contribution in [0.1, 0.15) is 31.2 Å². The highest BCUT2D eigenvalue weighted by molar-refractivity contribution is 5.84. The maximum atomic E-state index is 11.7. The lowest BCUT2D eigenvalue weighted by atomic mass is 10.00. The average molecular weight is 327 g/mol. The standard InChI is InChI=1S/C20H25NO3/c22-14-8-3-1-2-7-13-21-18(16-20(21)24)11-12-19(23)15-17-9-5-4-6-10-17/h4-6,9-12,18-19,22-23H,1,3,8,13-16H2/b12-11+/t18-,19?/m0/s1. The van der Waals surface area contributed by atoms with Gasteiger partial charge < -0.3 is 15.1 Å². The first-order valence-corrected chi connectivity index (χ1v) is 8.47. The lowest BCUT2D eigenvalue weighted by molar-refractivity contribution is -0.142. The number of carbonyl (C=O) groups excluding carboxylic acids is 1. The second kappa shape index (κ2) is 9.92. The van der Waals surface area contributed by atoms with E-state index in [1.807, 2.05) is 36.4 Å². The molecule has 1 amide bonds. The molecule has 0 bridgehead atoms. The van der Waals surface area contributed by atoms with Crippen LogP contribution in [0.5, 0.6) is 0 Å². The molecule has 2 N–H and O–H groups in total. The van der Waals surface area contributed by atoms with Crippen molar-refractivity contribution in [1.29, 1.82) is 0 Å². The monoisotopic (exact) mass is 327 g/mol. The Morgan fingerprint density at radius 3 is 2.75 bits per heavy atom. The summed E-state index contributed by atoms with van der Waals surface area (Å²) in [6, 6.07) is 9.88. The molecule has 0 radical (unpaired) electrons. The lowest BCUT2D eigenvalue weighted by Gasteiger charge is -2.37. The number of aliphatic hydroxyl groups excluding tert-OH is 2. The van der Waals surface area contributed by atoms with Crippen LogP contribution in [0.4, 0.5) is 0 Å². The van der Waals surface area contributed by atoms with Gasteiger partial charge in [0.05, 0.1) is 25.1 Å². The van der Waals surface area contributed by atoms with Gasteiger partial charge in [0.25, 0.3) is 0 Å². The highest BCUT2D eigenvalue weighted by Gasteiger charge is 2.33. The highest BCUT2D eigenvalue weighted by Crippen LogP contribution is 2.20. The van der Waals surface area contributed by atoms with Crippen molar-refractivity contribution in [3.63, 3.8) is 0 Å². The maximum absolute atomic E-state index is 11.7. The van der Waals surface area contributed by atoms with E-state index in [2.05, 4.69) is 11.8 Å². The zero-order valence-corrected chi connectivity index (χ0v) is 13.9. The second-order valence-corrected chi connectivity index (χ2v) is 5.97. The fraction of sp³-hybridized carbons (Fsp3) is 0.450. The Morgan fingerprint density at radius 1 is 1.25 bits per heavy atom. The number of unbranched alkanes of at least 4 members (excludes halogenated alkanes) is 2. The zero-order chi connectivity index (χ0) is 17.2. The van der Waals surface area contributed by atoms with E-state index in [4.69, 9.17) is 5.11 Å². The SMILES string of the molecule is O=C1C[C@H](/C=C/C(O)Cc2ccccc2)N1CC#CCCCCO. The summed E-state index contributed by atoms with van der Waals surface area (Å²) in [5.74, 6) is 6.14. The van der Waals surface area contributed by atoms with Gasteiger partial charge in [0.15, 0.2) is 0 Å². The fourth-order valence-corrected chi connectivity index (χ4v) is 2.59. The van der Waals surface area contributed by atoms with Gasteiger partial charge in [-0.3, -0.25) is 4.79 Å². The first kappa shape index (κ1) is 18.3. The van der Waals surface area contributed by atoms with Crippen LogP contribution in [-0.4, -0.2) is 46.3 Å². The first-order chi connectivity index (χ1) is 11.7. The summed E-state index contributed by atoms with van der Waals surface area (Å²) in [4.78, 5) is 13.4. The van der Waals surface area contributed by atoms with E-state index < -0.39 is 6.10 Å². The molecule has 1 heterocycles. The van der Waals surface area contributed by atoms with Crippen LogP contribution in [0, 0.1) is 11.8 Å². The van der Waals surface area contributed by atoms with E-state index in [9.17, 15) is 9.90 Å². The molecule has 4 nitrogen and oxygen atoms in total. The van der Waals surface area contributed by atoms with Crippen LogP contribution in [0.15, 0.2) is 42.5 Å². The minimum atomic E-state index is -0.547. The van der Waals surface area contributed by atoms with Crippen molar-refractivity contribution < 1.29 is 15.0 Å². The fourth-order valence-electron chi connectivity index (χ4n) is 2.59. The van der Waals surface area contributed by atoms with E-state index in [-0.39, 0.29) is 18.6 Å². The number of amides is 1. The topological polar surface area (TPSA) is 60.8 Å². The average Bonchev–Trinajstić information content (AvgIpc) is 2.58. The van der Waals surface area contributed by atoms with Crippen LogP contribution in [-0.2, 0) is 11.2 Å². The van der Waals surface area contributed by atoms with E-state index in [1.54, 1.807) is 11.0 Å². The molecule has 0 aromatic heterocycles. The molecule has 24 heavy (non-hydrogen) atoms. The molecule has 128 valence electrons. The van der Waals surface area contributed by atoms with E-state index in [0.29, 0.717) is 19.4 Å². The Labute approximate surface area is 143 Å². The summed E-state index contributed by atoms with van der Waals surface area (Å²) in [6.45, 7) is 0.631. The number of aliphatic hydroxyl groups is 2. The number of carbonyl (C=O) groups is 1. The van der Waals surface area contributed by atoms with Gasteiger partial charge in [-0.25, -0.2) is 0 Å². The van der Waals surface area contributed by atoms with Gasteiger partial charge in [-0.05, 0) is 18.4 Å². The third-order valence-electron chi connectivity index (χ3n) is 4.03. The summed E-state index contributed by atoms with van der Waals surface area (Å²) < 4.78 is 0. The van der Waals surface area contributed by atoms with Gasteiger partial charge in [-0.2, -0.15) is 0 Å². The molecule has 1 unspecified atom stereocenters.